The molecule has 5 nitrogen and oxygen atoms in total. The Kier molecular flexibility index (Phi) is 4.12. The van der Waals surface area contributed by atoms with Crippen molar-refractivity contribution in [2.45, 2.75) is 6.42 Å². The van der Waals surface area contributed by atoms with Crippen LogP contribution in [0.5, 0.6) is 11.5 Å². The van der Waals surface area contributed by atoms with Crippen molar-refractivity contribution in [1.82, 2.24) is 4.98 Å². The second kappa shape index (κ2) is 6.23. The first-order chi connectivity index (χ1) is 11.5. The molecule has 3 aromatic rings. The van der Waals surface area contributed by atoms with Gasteiger partial charge in [0.05, 0.1) is 31.9 Å². The van der Waals surface area contributed by atoms with Gasteiger partial charge in [-0.2, -0.15) is 0 Å². The van der Waals surface area contributed by atoms with Crippen LogP contribution >= 0.6 is 0 Å². The van der Waals surface area contributed by atoms with Crippen LogP contribution in [0, 0.1) is 5.82 Å². The third kappa shape index (κ3) is 2.67. The van der Waals surface area contributed by atoms with Gasteiger partial charge in [0, 0.05) is 10.9 Å². The molecule has 0 bridgehead atoms. The number of ether oxygens (including phenoxy) is 2. The average molecular weight is 329 g/mol. The maximum Gasteiger partial charge on any atom is 0.307 e. The first-order valence-electron chi connectivity index (χ1n) is 7.28. The van der Waals surface area contributed by atoms with Crippen LogP contribution in [-0.4, -0.2) is 30.3 Å². The van der Waals surface area contributed by atoms with E-state index < -0.39 is 11.8 Å². The summed E-state index contributed by atoms with van der Waals surface area (Å²) in [5.41, 5.74) is 2.07. The van der Waals surface area contributed by atoms with Gasteiger partial charge >= 0.3 is 5.97 Å². The zero-order chi connectivity index (χ0) is 17.3. The van der Waals surface area contributed by atoms with E-state index in [1.807, 2.05) is 0 Å². The third-order valence-corrected chi connectivity index (χ3v) is 3.89. The van der Waals surface area contributed by atoms with Crippen molar-refractivity contribution in [2.24, 2.45) is 0 Å². The molecular weight excluding hydrogens is 313 g/mol. The fourth-order valence-electron chi connectivity index (χ4n) is 2.81. The van der Waals surface area contributed by atoms with Gasteiger partial charge in [-0.25, -0.2) is 4.39 Å². The summed E-state index contributed by atoms with van der Waals surface area (Å²) in [5, 5.41) is 9.77. The number of para-hydroxylation sites is 1. The summed E-state index contributed by atoms with van der Waals surface area (Å²) >= 11 is 0. The van der Waals surface area contributed by atoms with Crippen molar-refractivity contribution in [3.63, 3.8) is 0 Å². The largest absolute Gasteiger partial charge is 0.493 e. The molecule has 124 valence electrons. The minimum absolute atomic E-state index is 0.215. The van der Waals surface area contributed by atoms with E-state index in [9.17, 15) is 14.3 Å². The Labute approximate surface area is 137 Å². The number of benzene rings is 2. The van der Waals surface area contributed by atoms with Crippen molar-refractivity contribution >= 4 is 16.9 Å². The summed E-state index contributed by atoms with van der Waals surface area (Å²) in [6.45, 7) is 0. The average Bonchev–Trinajstić information content (AvgIpc) is 2.93. The summed E-state index contributed by atoms with van der Waals surface area (Å²) in [7, 11) is 3.05. The maximum atomic E-state index is 14.1. The zero-order valence-electron chi connectivity index (χ0n) is 13.2. The number of hydrogen-bond acceptors (Lipinski definition) is 3. The lowest BCUT2D eigenvalue weighted by Crippen LogP contribution is -2.01. The number of carbonyl (C=O) groups is 1. The molecule has 0 aliphatic carbocycles. The van der Waals surface area contributed by atoms with Gasteiger partial charge in [-0.05, 0) is 29.8 Å². The number of aromatic amines is 1. The van der Waals surface area contributed by atoms with Crippen LogP contribution in [0.15, 0.2) is 36.4 Å². The highest BCUT2D eigenvalue weighted by Gasteiger charge is 2.18. The lowest BCUT2D eigenvalue weighted by atomic mass is 10.0. The van der Waals surface area contributed by atoms with Gasteiger partial charge in [0.1, 0.15) is 5.82 Å². The quantitative estimate of drug-likeness (QED) is 0.750. The van der Waals surface area contributed by atoms with Crippen molar-refractivity contribution in [3.05, 3.63) is 47.8 Å². The molecule has 24 heavy (non-hydrogen) atoms. The molecule has 0 aliphatic rings. The molecule has 1 aromatic heterocycles. The Morgan fingerprint density at radius 2 is 1.92 bits per heavy atom. The van der Waals surface area contributed by atoms with Gasteiger partial charge in [-0.3, -0.25) is 4.79 Å². The highest BCUT2D eigenvalue weighted by molar-refractivity contribution is 5.94. The van der Waals surface area contributed by atoms with E-state index in [1.54, 1.807) is 30.3 Å². The molecular formula is C18H16FNO4. The van der Waals surface area contributed by atoms with E-state index >= 15 is 0 Å². The highest BCUT2D eigenvalue weighted by atomic mass is 19.1. The van der Waals surface area contributed by atoms with E-state index in [0.29, 0.717) is 39.2 Å². The summed E-state index contributed by atoms with van der Waals surface area (Å²) in [6, 6.07) is 9.83. The molecule has 0 unspecified atom stereocenters. The van der Waals surface area contributed by atoms with Crippen molar-refractivity contribution in [3.8, 4) is 22.8 Å². The Balaban J connectivity index is 2.25. The molecule has 0 fully saturated rings. The molecule has 1 heterocycles. The maximum absolute atomic E-state index is 14.1. The number of H-pyrrole nitrogens is 1. The number of carboxylic acids is 1. The smallest absolute Gasteiger partial charge is 0.307 e. The first-order valence-corrected chi connectivity index (χ1v) is 7.28. The van der Waals surface area contributed by atoms with Crippen LogP contribution in [0.2, 0.25) is 0 Å². The van der Waals surface area contributed by atoms with Gasteiger partial charge in [0.25, 0.3) is 0 Å². The minimum Gasteiger partial charge on any atom is -0.493 e. The van der Waals surface area contributed by atoms with Crippen LogP contribution in [0.25, 0.3) is 22.2 Å². The standard InChI is InChI=1S/C18H16FNO4/c1-23-14-7-6-10(8-15(14)24-2)17-12(9-16(21)22)11-4-3-5-13(19)18(11)20-17/h3-8,20H,9H2,1-2H3,(H,21,22). The lowest BCUT2D eigenvalue weighted by Gasteiger charge is -2.10. The molecule has 0 saturated carbocycles. The number of fused-ring (bicyclic) bond motifs is 1. The molecule has 3 rings (SSSR count). The first kappa shape index (κ1) is 15.9. The van der Waals surface area contributed by atoms with Crippen LogP contribution in [-0.2, 0) is 11.2 Å². The fraction of sp³-hybridized carbons (Fsp3) is 0.167. The van der Waals surface area contributed by atoms with Crippen LogP contribution in [0.1, 0.15) is 5.56 Å². The third-order valence-electron chi connectivity index (χ3n) is 3.89. The Hall–Kier alpha value is -3.02. The summed E-state index contributed by atoms with van der Waals surface area (Å²) in [6.07, 6.45) is -0.215. The Morgan fingerprint density at radius 1 is 1.17 bits per heavy atom. The number of carboxylic acid groups (broad SMARTS) is 1. The molecule has 0 atom stereocenters. The lowest BCUT2D eigenvalue weighted by molar-refractivity contribution is -0.136. The van der Waals surface area contributed by atoms with Gasteiger partial charge in [-0.15, -0.1) is 0 Å². The van der Waals surface area contributed by atoms with Gasteiger partial charge in [-0.1, -0.05) is 12.1 Å². The van der Waals surface area contributed by atoms with Crippen molar-refractivity contribution in [1.29, 1.82) is 0 Å². The summed E-state index contributed by atoms with van der Waals surface area (Å²) in [4.78, 5) is 14.3. The second-order valence-corrected chi connectivity index (χ2v) is 5.28. The number of hydrogen-bond donors (Lipinski definition) is 2. The van der Waals surface area contributed by atoms with Crippen LogP contribution < -0.4 is 9.47 Å². The monoisotopic (exact) mass is 329 g/mol. The number of aliphatic carboxylic acids is 1. The van der Waals surface area contributed by atoms with E-state index in [0.717, 1.165) is 0 Å². The van der Waals surface area contributed by atoms with Gasteiger partial charge < -0.3 is 19.6 Å². The van der Waals surface area contributed by atoms with Crippen LogP contribution in [0.3, 0.4) is 0 Å². The minimum atomic E-state index is -0.984. The highest BCUT2D eigenvalue weighted by Crippen LogP contribution is 2.36. The van der Waals surface area contributed by atoms with Crippen molar-refractivity contribution < 1.29 is 23.8 Å². The normalized spacial score (nSPS) is 10.8. The molecule has 0 aliphatic heterocycles. The molecule has 2 N–H and O–H groups in total. The number of halogens is 1. The number of nitrogens with one attached hydrogen (secondary N) is 1. The molecule has 0 saturated heterocycles. The molecule has 2 aromatic carbocycles. The fourth-order valence-corrected chi connectivity index (χ4v) is 2.81. The van der Waals surface area contributed by atoms with E-state index in [1.165, 1.54) is 20.3 Å². The zero-order valence-corrected chi connectivity index (χ0v) is 13.2. The molecule has 0 amide bonds. The summed E-state index contributed by atoms with van der Waals surface area (Å²) in [5.74, 6) is -0.341. The van der Waals surface area contributed by atoms with Crippen LogP contribution in [0.4, 0.5) is 4.39 Å². The number of methoxy groups -OCH3 is 2. The Morgan fingerprint density at radius 3 is 2.58 bits per heavy atom. The predicted molar refractivity (Wildman–Crippen MR) is 88.1 cm³/mol. The Bertz CT molecular complexity index is 917. The van der Waals surface area contributed by atoms with Crippen molar-refractivity contribution in [2.75, 3.05) is 14.2 Å². The van der Waals surface area contributed by atoms with E-state index in [4.69, 9.17) is 9.47 Å². The second-order valence-electron chi connectivity index (χ2n) is 5.28. The van der Waals surface area contributed by atoms with Gasteiger partial charge in [0.2, 0.25) is 0 Å². The van der Waals surface area contributed by atoms with Gasteiger partial charge in [0.15, 0.2) is 11.5 Å². The predicted octanol–water partition coefficient (Wildman–Crippen LogP) is 3.62. The number of aromatic nitrogens is 1. The molecule has 0 spiro atoms. The topological polar surface area (TPSA) is 71.6 Å². The van der Waals surface area contributed by atoms with E-state index in [2.05, 4.69) is 4.98 Å². The molecule has 6 heteroatoms. The summed E-state index contributed by atoms with van der Waals surface area (Å²) < 4.78 is 24.6. The van der Waals surface area contributed by atoms with E-state index in [-0.39, 0.29) is 6.42 Å². The SMILES string of the molecule is COc1ccc(-c2[nH]c3c(F)cccc3c2CC(=O)O)cc1OC. The number of rotatable bonds is 5. The molecule has 0 radical (unpaired) electrons.